The smallest absolute Gasteiger partial charge is 0.375 e. The van der Waals surface area contributed by atoms with Gasteiger partial charge in [0.05, 0.1) is 24.0 Å². The third kappa shape index (κ3) is 3.03. The van der Waals surface area contributed by atoms with Crippen LogP contribution in [-0.2, 0) is 10.9 Å². The van der Waals surface area contributed by atoms with Crippen LogP contribution in [-0.4, -0.2) is 35.4 Å². The maximum absolute atomic E-state index is 14.4. The highest BCUT2D eigenvalue weighted by molar-refractivity contribution is 5.57. The van der Waals surface area contributed by atoms with E-state index in [1.165, 1.54) is 18.5 Å². The second kappa shape index (κ2) is 5.97. The summed E-state index contributed by atoms with van der Waals surface area (Å²) in [6.07, 6.45) is -2.60. The fraction of sp³-hybridized carbons (Fsp3) is 0.400. The van der Waals surface area contributed by atoms with E-state index in [9.17, 15) is 22.4 Å². The van der Waals surface area contributed by atoms with Crippen molar-refractivity contribution in [3.05, 3.63) is 46.4 Å². The summed E-state index contributed by atoms with van der Waals surface area (Å²) in [6.45, 7) is 2.93. The molecule has 1 aliphatic rings. The van der Waals surface area contributed by atoms with Crippen LogP contribution in [0.3, 0.4) is 0 Å². The molecule has 1 aromatic heterocycles. The van der Waals surface area contributed by atoms with Crippen LogP contribution in [0.4, 0.5) is 23.2 Å². The van der Waals surface area contributed by atoms with E-state index in [4.69, 9.17) is 4.74 Å². The monoisotopic (exact) mass is 345 g/mol. The van der Waals surface area contributed by atoms with Gasteiger partial charge in [0.15, 0.2) is 5.82 Å². The van der Waals surface area contributed by atoms with Gasteiger partial charge in [-0.05, 0) is 19.1 Å². The Bertz CT molecular complexity index is 797. The number of H-pyrrole nitrogens is 1. The standard InChI is InChI=1S/C15H15F4N3O2/c1-9-8-21(4-5-24-9)10-6-11(15(17,18)19)13(16)12(7-10)22-3-2-20-14(22)23/h2-3,6-7,9H,4-5,8H2,1H3,(H,20,23)/t9-/m1/s1. The van der Waals surface area contributed by atoms with Crippen molar-refractivity contribution >= 4 is 5.69 Å². The summed E-state index contributed by atoms with van der Waals surface area (Å²) in [5, 5.41) is 0. The highest BCUT2D eigenvalue weighted by atomic mass is 19.4. The van der Waals surface area contributed by atoms with Crippen LogP contribution in [0.1, 0.15) is 12.5 Å². The van der Waals surface area contributed by atoms with Crippen molar-refractivity contribution in [1.29, 1.82) is 0 Å². The van der Waals surface area contributed by atoms with Gasteiger partial charge in [0.1, 0.15) is 0 Å². The van der Waals surface area contributed by atoms with E-state index in [0.29, 0.717) is 19.7 Å². The molecule has 5 nitrogen and oxygen atoms in total. The summed E-state index contributed by atoms with van der Waals surface area (Å²) in [4.78, 5) is 15.7. The molecule has 1 aliphatic heterocycles. The van der Waals surface area contributed by atoms with E-state index in [2.05, 4.69) is 4.98 Å². The van der Waals surface area contributed by atoms with Gasteiger partial charge in [-0.2, -0.15) is 13.2 Å². The number of hydrogen-bond acceptors (Lipinski definition) is 3. The fourth-order valence-electron chi connectivity index (χ4n) is 2.72. The average molecular weight is 345 g/mol. The van der Waals surface area contributed by atoms with Gasteiger partial charge in [-0.25, -0.2) is 9.18 Å². The summed E-state index contributed by atoms with van der Waals surface area (Å²) in [5.74, 6) is -1.48. The molecule has 0 saturated carbocycles. The first kappa shape index (κ1) is 16.6. The minimum absolute atomic E-state index is 0.156. The predicted molar refractivity (Wildman–Crippen MR) is 79.0 cm³/mol. The molecular formula is C15H15F4N3O2. The van der Waals surface area contributed by atoms with Crippen LogP contribution in [0.15, 0.2) is 29.3 Å². The Morgan fingerprint density at radius 2 is 2.08 bits per heavy atom. The van der Waals surface area contributed by atoms with E-state index >= 15 is 0 Å². The Balaban J connectivity index is 2.17. The Hall–Kier alpha value is -2.29. The predicted octanol–water partition coefficient (Wildman–Crippen LogP) is 2.55. The van der Waals surface area contributed by atoms with Crippen molar-refractivity contribution in [3.63, 3.8) is 0 Å². The quantitative estimate of drug-likeness (QED) is 0.851. The highest BCUT2D eigenvalue weighted by Crippen LogP contribution is 2.37. The van der Waals surface area contributed by atoms with Crippen LogP contribution in [0.5, 0.6) is 0 Å². The molecule has 2 heterocycles. The fourth-order valence-corrected chi connectivity index (χ4v) is 2.72. The van der Waals surface area contributed by atoms with E-state index in [1.54, 1.807) is 11.8 Å². The van der Waals surface area contributed by atoms with Crippen LogP contribution in [0, 0.1) is 5.82 Å². The number of aromatic nitrogens is 2. The minimum atomic E-state index is -4.87. The number of aromatic amines is 1. The van der Waals surface area contributed by atoms with Crippen molar-refractivity contribution in [3.8, 4) is 5.69 Å². The number of nitrogens with one attached hydrogen (secondary N) is 1. The third-order valence-electron chi connectivity index (χ3n) is 3.86. The zero-order valence-corrected chi connectivity index (χ0v) is 12.7. The molecule has 9 heteroatoms. The zero-order valence-electron chi connectivity index (χ0n) is 12.7. The number of imidazole rings is 1. The van der Waals surface area contributed by atoms with Gasteiger partial charge < -0.3 is 14.6 Å². The topological polar surface area (TPSA) is 50.3 Å². The normalized spacial score (nSPS) is 18.9. The molecule has 0 spiro atoms. The molecular weight excluding hydrogens is 330 g/mol. The number of benzene rings is 1. The summed E-state index contributed by atoms with van der Waals surface area (Å²) >= 11 is 0. The summed E-state index contributed by atoms with van der Waals surface area (Å²) in [5.41, 5.74) is -2.36. The first-order chi connectivity index (χ1) is 11.3. The van der Waals surface area contributed by atoms with Gasteiger partial charge in [0.2, 0.25) is 0 Å². The van der Waals surface area contributed by atoms with E-state index in [0.717, 1.165) is 10.6 Å². The molecule has 24 heavy (non-hydrogen) atoms. The van der Waals surface area contributed by atoms with Gasteiger partial charge in [0, 0.05) is 31.2 Å². The van der Waals surface area contributed by atoms with Crippen LogP contribution < -0.4 is 10.6 Å². The Morgan fingerprint density at radius 3 is 2.67 bits per heavy atom. The molecule has 1 fully saturated rings. The lowest BCUT2D eigenvalue weighted by Gasteiger charge is -2.33. The van der Waals surface area contributed by atoms with Gasteiger partial charge in [-0.15, -0.1) is 0 Å². The lowest BCUT2D eigenvalue weighted by molar-refractivity contribution is -0.139. The van der Waals surface area contributed by atoms with E-state index < -0.39 is 28.9 Å². The molecule has 0 bridgehead atoms. The van der Waals surface area contributed by atoms with Crippen molar-refractivity contribution in [2.75, 3.05) is 24.6 Å². The summed E-state index contributed by atoms with van der Waals surface area (Å²) < 4.78 is 60.2. The van der Waals surface area contributed by atoms with Crippen LogP contribution in [0.2, 0.25) is 0 Å². The largest absolute Gasteiger partial charge is 0.419 e. The average Bonchev–Trinajstić information content (AvgIpc) is 2.92. The molecule has 1 atom stereocenters. The van der Waals surface area contributed by atoms with Gasteiger partial charge in [-0.1, -0.05) is 0 Å². The van der Waals surface area contributed by atoms with E-state index in [-0.39, 0.29) is 11.8 Å². The molecule has 1 N–H and O–H groups in total. The van der Waals surface area contributed by atoms with Gasteiger partial charge in [0.25, 0.3) is 0 Å². The van der Waals surface area contributed by atoms with Crippen LogP contribution >= 0.6 is 0 Å². The molecule has 0 amide bonds. The molecule has 0 aliphatic carbocycles. The van der Waals surface area contributed by atoms with Crippen molar-refractivity contribution < 1.29 is 22.3 Å². The number of halogens is 4. The lowest BCUT2D eigenvalue weighted by Crippen LogP contribution is -2.41. The zero-order chi connectivity index (χ0) is 17.5. The molecule has 1 saturated heterocycles. The summed E-state index contributed by atoms with van der Waals surface area (Å²) in [6, 6.07) is 2.02. The second-order valence-electron chi connectivity index (χ2n) is 5.59. The SMILES string of the molecule is C[C@@H]1CN(c2cc(-n3cc[nH]c3=O)c(F)c(C(F)(F)F)c2)CCO1. The van der Waals surface area contributed by atoms with Gasteiger partial charge >= 0.3 is 11.9 Å². The minimum Gasteiger partial charge on any atom is -0.375 e. The van der Waals surface area contributed by atoms with Crippen molar-refractivity contribution in [2.45, 2.75) is 19.2 Å². The molecule has 0 unspecified atom stereocenters. The first-order valence-electron chi connectivity index (χ1n) is 7.31. The molecule has 2 aromatic rings. The Labute approximate surface area is 134 Å². The molecule has 3 rings (SSSR count). The number of anilines is 1. The molecule has 130 valence electrons. The highest BCUT2D eigenvalue weighted by Gasteiger charge is 2.37. The second-order valence-corrected chi connectivity index (χ2v) is 5.59. The Kier molecular flexibility index (Phi) is 4.12. The number of alkyl halides is 3. The van der Waals surface area contributed by atoms with Crippen LogP contribution in [0.25, 0.3) is 5.69 Å². The third-order valence-corrected chi connectivity index (χ3v) is 3.86. The Morgan fingerprint density at radius 1 is 1.33 bits per heavy atom. The van der Waals surface area contributed by atoms with Crippen molar-refractivity contribution in [1.82, 2.24) is 9.55 Å². The number of morpholine rings is 1. The lowest BCUT2D eigenvalue weighted by atomic mass is 10.1. The first-order valence-corrected chi connectivity index (χ1v) is 7.31. The maximum Gasteiger partial charge on any atom is 0.419 e. The van der Waals surface area contributed by atoms with E-state index in [1.807, 2.05) is 0 Å². The maximum atomic E-state index is 14.4. The molecule has 1 aromatic carbocycles. The van der Waals surface area contributed by atoms with Crippen molar-refractivity contribution in [2.24, 2.45) is 0 Å². The number of nitrogens with zero attached hydrogens (tertiary/aromatic N) is 2. The molecule has 0 radical (unpaired) electrons. The number of rotatable bonds is 2. The summed E-state index contributed by atoms with van der Waals surface area (Å²) in [7, 11) is 0. The van der Waals surface area contributed by atoms with Gasteiger partial charge in [-0.3, -0.25) is 4.57 Å². The number of ether oxygens (including phenoxy) is 1. The number of hydrogen-bond donors (Lipinski definition) is 1.